The Morgan fingerprint density at radius 1 is 1.22 bits per heavy atom. The summed E-state index contributed by atoms with van der Waals surface area (Å²) in [7, 11) is 1.66. The molecule has 0 aliphatic carbocycles. The van der Waals surface area contributed by atoms with Crippen LogP contribution in [0.3, 0.4) is 0 Å². The maximum absolute atomic E-state index is 12.3. The third-order valence-corrected chi connectivity index (χ3v) is 3.79. The summed E-state index contributed by atoms with van der Waals surface area (Å²) < 4.78 is 10.4. The zero-order chi connectivity index (χ0) is 17.3. The first-order valence-electron chi connectivity index (χ1n) is 8.59. The van der Waals surface area contributed by atoms with Crippen molar-refractivity contribution in [3.05, 3.63) is 0 Å². The molecule has 1 heterocycles. The molecule has 0 spiro atoms. The van der Waals surface area contributed by atoms with Crippen molar-refractivity contribution in [2.24, 2.45) is 0 Å². The monoisotopic (exact) mass is 328 g/mol. The van der Waals surface area contributed by atoms with Gasteiger partial charge >= 0.3 is 6.09 Å². The Labute approximate surface area is 139 Å². The van der Waals surface area contributed by atoms with E-state index in [0.717, 1.165) is 32.1 Å². The fourth-order valence-electron chi connectivity index (χ4n) is 2.63. The molecule has 1 saturated heterocycles. The molecule has 0 saturated carbocycles. The molecule has 1 N–H and O–H groups in total. The fraction of sp³-hybridized carbons (Fsp3) is 0.882. The summed E-state index contributed by atoms with van der Waals surface area (Å²) in [5.74, 6) is 0.0378. The number of piperidine rings is 1. The molecule has 6 heteroatoms. The van der Waals surface area contributed by atoms with E-state index in [-0.39, 0.29) is 18.0 Å². The summed E-state index contributed by atoms with van der Waals surface area (Å²) in [6.45, 7) is 7.48. The van der Waals surface area contributed by atoms with Gasteiger partial charge in [0.05, 0.1) is 6.04 Å². The molecule has 0 radical (unpaired) electrons. The molecule has 1 fully saturated rings. The molecule has 2 amide bonds. The summed E-state index contributed by atoms with van der Waals surface area (Å²) in [4.78, 5) is 25.9. The van der Waals surface area contributed by atoms with Crippen molar-refractivity contribution in [3.63, 3.8) is 0 Å². The summed E-state index contributed by atoms with van der Waals surface area (Å²) in [6, 6.07) is 0.0292. The molecule has 1 aliphatic rings. The van der Waals surface area contributed by atoms with E-state index in [0.29, 0.717) is 26.1 Å². The van der Waals surface area contributed by atoms with Gasteiger partial charge in [-0.3, -0.25) is 4.79 Å². The standard InChI is InChI=1S/C17H32N2O4/c1-17(2,3)23-16(21)19-11-7-5-9-14(19)13-18-15(20)10-6-8-12-22-4/h14H,5-13H2,1-4H3,(H,18,20). The van der Waals surface area contributed by atoms with Crippen LogP contribution in [0.15, 0.2) is 0 Å². The van der Waals surface area contributed by atoms with Crippen LogP contribution in [-0.2, 0) is 14.3 Å². The minimum Gasteiger partial charge on any atom is -0.444 e. The first kappa shape index (κ1) is 19.7. The summed E-state index contributed by atoms with van der Waals surface area (Å²) >= 11 is 0. The number of nitrogens with zero attached hydrogens (tertiary/aromatic N) is 1. The van der Waals surface area contributed by atoms with Gasteiger partial charge in [-0.15, -0.1) is 0 Å². The minimum atomic E-state index is -0.496. The Hall–Kier alpha value is -1.30. The molecule has 0 bridgehead atoms. The smallest absolute Gasteiger partial charge is 0.410 e. The van der Waals surface area contributed by atoms with Crippen LogP contribution < -0.4 is 5.32 Å². The number of ether oxygens (including phenoxy) is 2. The van der Waals surface area contributed by atoms with Crippen LogP contribution >= 0.6 is 0 Å². The lowest BCUT2D eigenvalue weighted by atomic mass is 10.0. The van der Waals surface area contributed by atoms with E-state index in [2.05, 4.69) is 5.32 Å². The quantitative estimate of drug-likeness (QED) is 0.730. The predicted molar refractivity (Wildman–Crippen MR) is 89.3 cm³/mol. The molecule has 1 atom stereocenters. The lowest BCUT2D eigenvalue weighted by Crippen LogP contribution is -2.50. The molecule has 0 aromatic rings. The Morgan fingerprint density at radius 3 is 2.61 bits per heavy atom. The summed E-state index contributed by atoms with van der Waals surface area (Å²) in [6.07, 6.45) is 4.90. The molecule has 6 nitrogen and oxygen atoms in total. The lowest BCUT2D eigenvalue weighted by molar-refractivity contribution is -0.121. The first-order valence-corrected chi connectivity index (χ1v) is 8.59. The van der Waals surface area contributed by atoms with Crippen LogP contribution in [0.2, 0.25) is 0 Å². The van der Waals surface area contributed by atoms with Crippen molar-refractivity contribution in [1.29, 1.82) is 0 Å². The van der Waals surface area contributed by atoms with E-state index in [1.807, 2.05) is 20.8 Å². The van der Waals surface area contributed by atoms with E-state index in [1.54, 1.807) is 12.0 Å². The SMILES string of the molecule is COCCCCC(=O)NCC1CCCCN1C(=O)OC(C)(C)C. The zero-order valence-corrected chi connectivity index (χ0v) is 15.0. The average molecular weight is 328 g/mol. The third-order valence-electron chi connectivity index (χ3n) is 3.79. The Morgan fingerprint density at radius 2 is 1.96 bits per heavy atom. The molecule has 23 heavy (non-hydrogen) atoms. The van der Waals surface area contributed by atoms with Crippen LogP contribution in [0.4, 0.5) is 4.79 Å². The number of amides is 2. The highest BCUT2D eigenvalue weighted by Crippen LogP contribution is 2.20. The molecular weight excluding hydrogens is 296 g/mol. The maximum atomic E-state index is 12.3. The topological polar surface area (TPSA) is 67.9 Å². The average Bonchev–Trinajstić information content (AvgIpc) is 2.48. The fourth-order valence-corrected chi connectivity index (χ4v) is 2.63. The van der Waals surface area contributed by atoms with Gasteiger partial charge in [0.25, 0.3) is 0 Å². The van der Waals surface area contributed by atoms with E-state index in [4.69, 9.17) is 9.47 Å². The van der Waals surface area contributed by atoms with Gasteiger partial charge in [-0.25, -0.2) is 4.79 Å². The molecule has 1 unspecified atom stereocenters. The van der Waals surface area contributed by atoms with Gasteiger partial charge in [0, 0.05) is 33.2 Å². The van der Waals surface area contributed by atoms with Gasteiger partial charge in [-0.2, -0.15) is 0 Å². The van der Waals surface area contributed by atoms with Crippen LogP contribution in [0.1, 0.15) is 59.3 Å². The van der Waals surface area contributed by atoms with Crippen molar-refractivity contribution in [3.8, 4) is 0 Å². The number of unbranched alkanes of at least 4 members (excludes halogenated alkanes) is 1. The first-order chi connectivity index (χ1) is 10.8. The zero-order valence-electron chi connectivity index (χ0n) is 15.0. The van der Waals surface area contributed by atoms with Gasteiger partial charge in [0.1, 0.15) is 5.60 Å². The largest absolute Gasteiger partial charge is 0.444 e. The van der Waals surface area contributed by atoms with E-state index >= 15 is 0 Å². The van der Waals surface area contributed by atoms with E-state index in [9.17, 15) is 9.59 Å². The number of rotatable bonds is 7. The minimum absolute atomic E-state index is 0.0292. The summed E-state index contributed by atoms with van der Waals surface area (Å²) in [5.41, 5.74) is -0.496. The molecule has 134 valence electrons. The third kappa shape index (κ3) is 8.21. The highest BCUT2D eigenvalue weighted by molar-refractivity contribution is 5.76. The highest BCUT2D eigenvalue weighted by atomic mass is 16.6. The van der Waals surface area contributed by atoms with E-state index < -0.39 is 5.60 Å². The second-order valence-corrected chi connectivity index (χ2v) is 7.08. The van der Waals surface area contributed by atoms with Crippen molar-refractivity contribution >= 4 is 12.0 Å². The second-order valence-electron chi connectivity index (χ2n) is 7.08. The normalized spacial score (nSPS) is 18.6. The molecule has 1 aliphatic heterocycles. The summed E-state index contributed by atoms with van der Waals surface area (Å²) in [5, 5.41) is 2.95. The van der Waals surface area contributed by atoms with Gasteiger partial charge in [-0.05, 0) is 52.9 Å². The maximum Gasteiger partial charge on any atom is 0.410 e. The number of carbonyl (C=O) groups excluding carboxylic acids is 2. The van der Waals surface area contributed by atoms with Crippen molar-refractivity contribution < 1.29 is 19.1 Å². The number of hydrogen-bond acceptors (Lipinski definition) is 4. The van der Waals surface area contributed by atoms with Gasteiger partial charge < -0.3 is 19.7 Å². The second kappa shape index (κ2) is 9.75. The number of hydrogen-bond donors (Lipinski definition) is 1. The Bertz CT molecular complexity index is 379. The Kier molecular flexibility index (Phi) is 8.37. The van der Waals surface area contributed by atoms with Crippen molar-refractivity contribution in [1.82, 2.24) is 10.2 Å². The number of nitrogens with one attached hydrogen (secondary N) is 1. The molecule has 0 aromatic heterocycles. The van der Waals surface area contributed by atoms with Crippen LogP contribution in [-0.4, -0.2) is 55.3 Å². The Balaban J connectivity index is 2.40. The van der Waals surface area contributed by atoms with Gasteiger partial charge in [-0.1, -0.05) is 0 Å². The molecule has 0 aromatic carbocycles. The van der Waals surface area contributed by atoms with Crippen LogP contribution in [0, 0.1) is 0 Å². The lowest BCUT2D eigenvalue weighted by Gasteiger charge is -2.36. The van der Waals surface area contributed by atoms with Crippen molar-refractivity contribution in [2.75, 3.05) is 26.8 Å². The number of methoxy groups -OCH3 is 1. The van der Waals surface area contributed by atoms with Crippen LogP contribution in [0.25, 0.3) is 0 Å². The highest BCUT2D eigenvalue weighted by Gasteiger charge is 2.30. The molecule has 1 rings (SSSR count). The van der Waals surface area contributed by atoms with E-state index in [1.165, 1.54) is 0 Å². The van der Waals surface area contributed by atoms with Gasteiger partial charge in [0.15, 0.2) is 0 Å². The molecular formula is C17H32N2O4. The number of likely N-dealkylation sites (tertiary alicyclic amines) is 1. The van der Waals surface area contributed by atoms with Crippen LogP contribution in [0.5, 0.6) is 0 Å². The van der Waals surface area contributed by atoms with Crippen molar-refractivity contribution in [2.45, 2.75) is 70.9 Å². The predicted octanol–water partition coefficient (Wildman–Crippen LogP) is 2.71. The number of carbonyl (C=O) groups is 2. The van der Waals surface area contributed by atoms with Gasteiger partial charge in [0.2, 0.25) is 5.91 Å².